The van der Waals surface area contributed by atoms with Crippen molar-refractivity contribution in [1.82, 2.24) is 0 Å². The summed E-state index contributed by atoms with van der Waals surface area (Å²) >= 11 is 5.68. The van der Waals surface area contributed by atoms with Crippen molar-refractivity contribution in [3.05, 3.63) is 28.3 Å². The van der Waals surface area contributed by atoms with Gasteiger partial charge < -0.3 is 9.47 Å². The van der Waals surface area contributed by atoms with Gasteiger partial charge in [-0.25, -0.2) is 9.59 Å². The fraction of sp³-hybridized carbons (Fsp3) is 0.529. The van der Waals surface area contributed by atoms with Gasteiger partial charge in [0.1, 0.15) is 11.2 Å². The monoisotopic (exact) mass is 395 g/mol. The van der Waals surface area contributed by atoms with Gasteiger partial charge in [-0.3, -0.25) is 5.32 Å². The Hall–Kier alpha value is -1.96. The van der Waals surface area contributed by atoms with Crippen molar-refractivity contribution in [3.8, 4) is 0 Å². The normalized spacial score (nSPS) is 12.5. The van der Waals surface area contributed by atoms with E-state index < -0.39 is 45.6 Å². The Morgan fingerprint density at radius 3 is 1.88 bits per heavy atom. The lowest BCUT2D eigenvalue weighted by Crippen LogP contribution is -2.29. The topological polar surface area (TPSA) is 64.6 Å². The molecule has 0 aliphatic rings. The summed E-state index contributed by atoms with van der Waals surface area (Å²) in [5.74, 6) is -1.04. The minimum atomic E-state index is -4.78. The maximum absolute atomic E-state index is 13.1. The quantitative estimate of drug-likeness (QED) is 0.656. The molecule has 0 spiro atoms. The second-order valence-corrected chi connectivity index (χ2v) is 7.91. The number of carbonyl (C=O) groups excluding carboxylic acids is 2. The number of benzene rings is 1. The highest BCUT2D eigenvalue weighted by Gasteiger charge is 2.36. The van der Waals surface area contributed by atoms with Crippen LogP contribution in [0.1, 0.15) is 57.5 Å². The first-order valence-corrected chi connectivity index (χ1v) is 8.01. The minimum Gasteiger partial charge on any atom is -0.456 e. The number of carbonyl (C=O) groups is 2. The highest BCUT2D eigenvalue weighted by Crippen LogP contribution is 2.38. The Balaban J connectivity index is 3.37. The van der Waals surface area contributed by atoms with Crippen molar-refractivity contribution in [2.75, 3.05) is 5.32 Å². The van der Waals surface area contributed by atoms with Crippen LogP contribution in [0.2, 0.25) is 5.02 Å². The number of hydrogen-bond acceptors (Lipinski definition) is 4. The van der Waals surface area contributed by atoms with E-state index >= 15 is 0 Å². The summed E-state index contributed by atoms with van der Waals surface area (Å²) in [5.41, 5.74) is -3.73. The van der Waals surface area contributed by atoms with E-state index in [0.717, 1.165) is 6.07 Å². The first kappa shape index (κ1) is 22.1. The molecule has 1 aromatic rings. The summed E-state index contributed by atoms with van der Waals surface area (Å²) in [6.45, 7) is 9.52. The second kappa shape index (κ2) is 7.34. The third-order valence-corrected chi connectivity index (χ3v) is 2.98. The number of ether oxygens (including phenoxy) is 2. The highest BCUT2D eigenvalue weighted by molar-refractivity contribution is 6.32. The summed E-state index contributed by atoms with van der Waals surface area (Å²) in [7, 11) is 0. The molecular weight excluding hydrogens is 375 g/mol. The Kier molecular flexibility index (Phi) is 6.24. The molecule has 1 aromatic carbocycles. The van der Waals surface area contributed by atoms with E-state index in [1.165, 1.54) is 0 Å². The van der Waals surface area contributed by atoms with Crippen molar-refractivity contribution >= 4 is 29.4 Å². The van der Waals surface area contributed by atoms with Crippen molar-refractivity contribution in [2.45, 2.75) is 58.9 Å². The van der Waals surface area contributed by atoms with Gasteiger partial charge in [-0.15, -0.1) is 0 Å². The van der Waals surface area contributed by atoms with Crippen LogP contribution in [0, 0.1) is 0 Å². The van der Waals surface area contributed by atoms with Gasteiger partial charge in [0, 0.05) is 0 Å². The standard InChI is InChI=1S/C17H21ClF3NO4/c1-15(2,3)25-13(23)9-7-10(17(19,20)21)11(18)8-12(9)22-14(24)26-16(4,5)6/h7-8H,1-6H3,(H,22,24). The molecule has 0 heterocycles. The lowest BCUT2D eigenvalue weighted by molar-refractivity contribution is -0.137. The second-order valence-electron chi connectivity index (χ2n) is 7.50. The number of amides is 1. The number of halogens is 4. The summed E-state index contributed by atoms with van der Waals surface area (Å²) in [6.07, 6.45) is -5.73. The van der Waals surface area contributed by atoms with Gasteiger partial charge >= 0.3 is 18.2 Å². The fourth-order valence-corrected chi connectivity index (χ4v) is 2.08. The zero-order valence-electron chi connectivity index (χ0n) is 15.3. The zero-order valence-corrected chi connectivity index (χ0v) is 16.1. The molecule has 9 heteroatoms. The van der Waals surface area contributed by atoms with Crippen LogP contribution >= 0.6 is 11.6 Å². The van der Waals surface area contributed by atoms with E-state index in [0.29, 0.717) is 6.07 Å². The molecule has 1 amide bonds. The Bertz CT molecular complexity index is 704. The van der Waals surface area contributed by atoms with E-state index in [9.17, 15) is 22.8 Å². The Morgan fingerprint density at radius 1 is 0.962 bits per heavy atom. The SMILES string of the molecule is CC(C)(C)OC(=O)Nc1cc(Cl)c(C(F)(F)F)cc1C(=O)OC(C)(C)C. The maximum atomic E-state index is 13.1. The van der Waals surface area contributed by atoms with E-state index in [-0.39, 0.29) is 5.69 Å². The summed E-state index contributed by atoms with van der Waals surface area (Å²) < 4.78 is 49.5. The molecule has 0 aliphatic heterocycles. The van der Waals surface area contributed by atoms with Crippen molar-refractivity contribution < 1.29 is 32.2 Å². The van der Waals surface area contributed by atoms with Crippen LogP contribution in [-0.4, -0.2) is 23.3 Å². The van der Waals surface area contributed by atoms with Crippen LogP contribution in [0.4, 0.5) is 23.7 Å². The number of hydrogen-bond donors (Lipinski definition) is 1. The molecule has 0 atom stereocenters. The molecule has 0 unspecified atom stereocenters. The van der Waals surface area contributed by atoms with Gasteiger partial charge in [0.25, 0.3) is 0 Å². The summed E-state index contributed by atoms with van der Waals surface area (Å²) in [5, 5.41) is 1.57. The van der Waals surface area contributed by atoms with E-state index in [2.05, 4.69) is 5.32 Å². The molecule has 0 radical (unpaired) electrons. The predicted molar refractivity (Wildman–Crippen MR) is 91.5 cm³/mol. The maximum Gasteiger partial charge on any atom is 0.417 e. The predicted octanol–water partition coefficient (Wildman–Crippen LogP) is 5.66. The molecule has 0 saturated carbocycles. The van der Waals surface area contributed by atoms with E-state index in [1.807, 2.05) is 0 Å². The molecule has 1 rings (SSSR count). The smallest absolute Gasteiger partial charge is 0.417 e. The molecule has 0 bridgehead atoms. The summed E-state index contributed by atoms with van der Waals surface area (Å²) in [4.78, 5) is 24.2. The number of nitrogens with one attached hydrogen (secondary N) is 1. The molecule has 26 heavy (non-hydrogen) atoms. The van der Waals surface area contributed by atoms with Crippen molar-refractivity contribution in [1.29, 1.82) is 0 Å². The third kappa shape index (κ3) is 6.74. The van der Waals surface area contributed by atoms with Crippen molar-refractivity contribution in [2.24, 2.45) is 0 Å². The van der Waals surface area contributed by atoms with E-state index in [1.54, 1.807) is 41.5 Å². The largest absolute Gasteiger partial charge is 0.456 e. The average molecular weight is 396 g/mol. The van der Waals surface area contributed by atoms with Crippen LogP contribution in [0.3, 0.4) is 0 Å². The van der Waals surface area contributed by atoms with Gasteiger partial charge in [-0.1, -0.05) is 11.6 Å². The molecular formula is C17H21ClF3NO4. The molecule has 0 saturated heterocycles. The molecule has 0 aromatic heterocycles. The highest BCUT2D eigenvalue weighted by atomic mass is 35.5. The molecule has 5 nitrogen and oxygen atoms in total. The van der Waals surface area contributed by atoms with Gasteiger partial charge in [0.2, 0.25) is 0 Å². The Morgan fingerprint density at radius 2 is 1.46 bits per heavy atom. The minimum absolute atomic E-state index is 0.244. The first-order chi connectivity index (χ1) is 11.5. The van der Waals surface area contributed by atoms with Crippen LogP contribution in [0.25, 0.3) is 0 Å². The summed E-state index contributed by atoms with van der Waals surface area (Å²) in [6, 6.07) is 1.39. The van der Waals surface area contributed by atoms with Gasteiger partial charge in [-0.2, -0.15) is 13.2 Å². The molecule has 0 aliphatic carbocycles. The van der Waals surface area contributed by atoms with Gasteiger partial charge in [0.05, 0.1) is 21.8 Å². The first-order valence-electron chi connectivity index (χ1n) is 7.64. The molecule has 0 fully saturated rings. The molecule has 1 N–H and O–H groups in total. The average Bonchev–Trinajstić information content (AvgIpc) is 2.31. The van der Waals surface area contributed by atoms with Crippen LogP contribution in [0.5, 0.6) is 0 Å². The third-order valence-electron chi connectivity index (χ3n) is 2.67. The van der Waals surface area contributed by atoms with Crippen LogP contribution < -0.4 is 5.32 Å². The lowest BCUT2D eigenvalue weighted by atomic mass is 10.1. The number of anilines is 1. The molecule has 146 valence electrons. The van der Waals surface area contributed by atoms with Gasteiger partial charge in [-0.05, 0) is 53.7 Å². The zero-order chi connectivity index (χ0) is 20.5. The van der Waals surface area contributed by atoms with Crippen molar-refractivity contribution in [3.63, 3.8) is 0 Å². The van der Waals surface area contributed by atoms with Crippen LogP contribution in [-0.2, 0) is 15.7 Å². The number of alkyl halides is 3. The van der Waals surface area contributed by atoms with Gasteiger partial charge in [0.15, 0.2) is 0 Å². The van der Waals surface area contributed by atoms with Crippen LogP contribution in [0.15, 0.2) is 12.1 Å². The lowest BCUT2D eigenvalue weighted by Gasteiger charge is -2.23. The number of esters is 1. The fourth-order valence-electron chi connectivity index (χ4n) is 1.81. The van der Waals surface area contributed by atoms with E-state index in [4.69, 9.17) is 21.1 Å². The Labute approximate surface area is 154 Å². The number of rotatable bonds is 2.